The Morgan fingerprint density at radius 2 is 1.84 bits per heavy atom. The lowest BCUT2D eigenvalue weighted by Gasteiger charge is -2.38. The van der Waals surface area contributed by atoms with Crippen molar-refractivity contribution in [2.24, 2.45) is 5.92 Å². The van der Waals surface area contributed by atoms with Crippen molar-refractivity contribution >= 4 is 11.0 Å². The molecule has 4 heterocycles. The average molecular weight is 332 g/mol. The summed E-state index contributed by atoms with van der Waals surface area (Å²) in [5.41, 5.74) is 3.56. The number of benzene rings is 1. The zero-order valence-electron chi connectivity index (χ0n) is 14.4. The summed E-state index contributed by atoms with van der Waals surface area (Å²) in [5.74, 6) is 1.91. The van der Waals surface area contributed by atoms with Crippen molar-refractivity contribution in [3.8, 4) is 0 Å². The van der Waals surface area contributed by atoms with Gasteiger partial charge in [0.2, 0.25) is 0 Å². The van der Waals surface area contributed by atoms with Crippen LogP contribution in [0.15, 0.2) is 48.8 Å². The van der Waals surface area contributed by atoms with E-state index in [2.05, 4.69) is 45.2 Å². The summed E-state index contributed by atoms with van der Waals surface area (Å²) >= 11 is 0. The number of nitrogens with zero attached hydrogens (tertiary/aromatic N) is 3. The van der Waals surface area contributed by atoms with Gasteiger partial charge in [0.05, 0.1) is 23.8 Å². The van der Waals surface area contributed by atoms with Gasteiger partial charge in [0.25, 0.3) is 0 Å². The van der Waals surface area contributed by atoms with Gasteiger partial charge in [0.1, 0.15) is 5.82 Å². The first kappa shape index (κ1) is 15.1. The van der Waals surface area contributed by atoms with E-state index >= 15 is 0 Å². The molecule has 2 aliphatic heterocycles. The Balaban J connectivity index is 1.29. The zero-order valence-corrected chi connectivity index (χ0v) is 14.4. The maximum Gasteiger partial charge on any atom is 0.121 e. The first-order valence-electron chi connectivity index (χ1n) is 9.43. The molecular weight excluding hydrogens is 308 g/mol. The van der Waals surface area contributed by atoms with Gasteiger partial charge in [-0.1, -0.05) is 30.3 Å². The Bertz CT molecular complexity index is 809. The molecule has 3 aromatic rings. The zero-order chi connectivity index (χ0) is 16.6. The molecule has 2 fully saturated rings. The van der Waals surface area contributed by atoms with Crippen LogP contribution in [0.2, 0.25) is 0 Å². The molecule has 2 aliphatic rings. The fraction of sp³-hybridized carbons (Fsp3) is 0.429. The third-order valence-corrected chi connectivity index (χ3v) is 6.01. The number of pyridine rings is 1. The summed E-state index contributed by atoms with van der Waals surface area (Å²) in [6, 6.07) is 14.4. The van der Waals surface area contributed by atoms with E-state index < -0.39 is 0 Å². The molecule has 2 aromatic heterocycles. The predicted octanol–water partition coefficient (Wildman–Crippen LogP) is 3.94. The van der Waals surface area contributed by atoms with Gasteiger partial charge in [-0.2, -0.15) is 0 Å². The maximum absolute atomic E-state index is 4.75. The molecule has 0 radical (unpaired) electrons. The summed E-state index contributed by atoms with van der Waals surface area (Å²) < 4.78 is 0. The van der Waals surface area contributed by atoms with Crippen LogP contribution in [0, 0.1) is 5.92 Å². The number of hydrogen-bond acceptors (Lipinski definition) is 3. The van der Waals surface area contributed by atoms with E-state index in [1.807, 2.05) is 18.5 Å². The van der Waals surface area contributed by atoms with Crippen LogP contribution in [0.4, 0.5) is 0 Å². The summed E-state index contributed by atoms with van der Waals surface area (Å²) in [6.07, 6.45) is 10.3. The molecule has 4 nitrogen and oxygen atoms in total. The topological polar surface area (TPSA) is 44.8 Å². The monoisotopic (exact) mass is 332 g/mol. The first-order chi connectivity index (χ1) is 12.3. The van der Waals surface area contributed by atoms with E-state index in [-0.39, 0.29) is 0 Å². The molecule has 5 rings (SSSR count). The lowest BCUT2D eigenvalue weighted by atomic mass is 9.86. The molecule has 2 atom stereocenters. The molecule has 2 unspecified atom stereocenters. The number of fused-ring (bicyclic) bond motifs is 3. The van der Waals surface area contributed by atoms with Crippen LogP contribution in [0.1, 0.15) is 37.1 Å². The smallest absolute Gasteiger partial charge is 0.121 e. The molecular formula is C21H24N4. The Labute approximate surface area is 148 Å². The quantitative estimate of drug-likeness (QED) is 0.787. The highest BCUT2D eigenvalue weighted by atomic mass is 15.2. The molecule has 2 bridgehead atoms. The van der Waals surface area contributed by atoms with Gasteiger partial charge in [0.15, 0.2) is 0 Å². The second kappa shape index (κ2) is 6.26. The summed E-state index contributed by atoms with van der Waals surface area (Å²) in [6.45, 7) is 0.946. The number of aromatic nitrogens is 3. The Kier molecular flexibility index (Phi) is 3.78. The molecule has 2 saturated heterocycles. The fourth-order valence-electron chi connectivity index (χ4n) is 4.92. The third kappa shape index (κ3) is 2.95. The number of H-pyrrole nitrogens is 1. The molecule has 1 aromatic carbocycles. The van der Waals surface area contributed by atoms with Crippen molar-refractivity contribution in [2.75, 3.05) is 0 Å². The Morgan fingerprint density at radius 3 is 2.60 bits per heavy atom. The van der Waals surface area contributed by atoms with Gasteiger partial charge in [-0.05, 0) is 49.7 Å². The largest absolute Gasteiger partial charge is 0.340 e. The third-order valence-electron chi connectivity index (χ3n) is 6.01. The van der Waals surface area contributed by atoms with Gasteiger partial charge >= 0.3 is 0 Å². The standard InChI is InChI=1S/C21H24N4/c1-2-4-15(5-3-1)10-16-11-17-6-7-18(12-16)25(17)14-21-23-19-8-9-22-13-20(19)24-21/h1-5,8-9,13,16-18H,6-7,10-12,14H2,(H,23,24). The first-order valence-corrected chi connectivity index (χ1v) is 9.43. The van der Waals surface area contributed by atoms with Gasteiger partial charge < -0.3 is 4.98 Å². The van der Waals surface area contributed by atoms with Crippen molar-refractivity contribution < 1.29 is 0 Å². The molecule has 0 spiro atoms. The van der Waals surface area contributed by atoms with Crippen molar-refractivity contribution in [3.63, 3.8) is 0 Å². The van der Waals surface area contributed by atoms with Crippen molar-refractivity contribution in [2.45, 2.75) is 50.7 Å². The second-order valence-electron chi connectivity index (χ2n) is 7.66. The second-order valence-corrected chi connectivity index (χ2v) is 7.66. The van der Waals surface area contributed by atoms with E-state index in [0.29, 0.717) is 0 Å². The van der Waals surface area contributed by atoms with Crippen LogP contribution in [0.3, 0.4) is 0 Å². The van der Waals surface area contributed by atoms with Crippen LogP contribution in [-0.2, 0) is 13.0 Å². The molecule has 128 valence electrons. The minimum atomic E-state index is 0.721. The van der Waals surface area contributed by atoms with Gasteiger partial charge in [-0.25, -0.2) is 4.98 Å². The van der Waals surface area contributed by atoms with E-state index in [4.69, 9.17) is 4.98 Å². The van der Waals surface area contributed by atoms with E-state index in [1.54, 1.807) is 0 Å². The number of hydrogen-bond donors (Lipinski definition) is 1. The van der Waals surface area contributed by atoms with Crippen LogP contribution in [0.25, 0.3) is 11.0 Å². The summed E-state index contributed by atoms with van der Waals surface area (Å²) in [7, 11) is 0. The number of rotatable bonds is 4. The average Bonchev–Trinajstić information content (AvgIpc) is 3.14. The van der Waals surface area contributed by atoms with Crippen LogP contribution in [-0.4, -0.2) is 31.9 Å². The van der Waals surface area contributed by atoms with E-state index in [9.17, 15) is 0 Å². The highest BCUT2D eigenvalue weighted by Gasteiger charge is 2.40. The van der Waals surface area contributed by atoms with Gasteiger partial charge in [-0.3, -0.25) is 9.88 Å². The van der Waals surface area contributed by atoms with E-state index in [0.717, 1.165) is 41.4 Å². The fourth-order valence-corrected chi connectivity index (χ4v) is 4.92. The van der Waals surface area contributed by atoms with Gasteiger partial charge in [-0.15, -0.1) is 0 Å². The van der Waals surface area contributed by atoms with Crippen molar-refractivity contribution in [1.82, 2.24) is 19.9 Å². The highest BCUT2D eigenvalue weighted by molar-refractivity contribution is 5.73. The van der Waals surface area contributed by atoms with Crippen molar-refractivity contribution in [3.05, 3.63) is 60.2 Å². The predicted molar refractivity (Wildman–Crippen MR) is 99.1 cm³/mol. The number of nitrogens with one attached hydrogen (secondary N) is 1. The molecule has 0 saturated carbocycles. The SMILES string of the molecule is c1ccc(CC2CC3CCC(C2)N3Cc2nc3ccncc3[nH]2)cc1. The lowest BCUT2D eigenvalue weighted by molar-refractivity contribution is 0.0937. The molecule has 25 heavy (non-hydrogen) atoms. The highest BCUT2D eigenvalue weighted by Crippen LogP contribution is 2.40. The number of piperidine rings is 1. The van der Waals surface area contributed by atoms with Crippen LogP contribution in [0.5, 0.6) is 0 Å². The van der Waals surface area contributed by atoms with Crippen LogP contribution >= 0.6 is 0 Å². The van der Waals surface area contributed by atoms with Crippen LogP contribution < -0.4 is 0 Å². The molecule has 0 aliphatic carbocycles. The molecule has 1 N–H and O–H groups in total. The Hall–Kier alpha value is -2.20. The molecule has 0 amide bonds. The normalized spacial score (nSPS) is 26.3. The van der Waals surface area contributed by atoms with Gasteiger partial charge in [0, 0.05) is 18.3 Å². The number of imidazole rings is 1. The summed E-state index contributed by atoms with van der Waals surface area (Å²) in [5, 5.41) is 0. The minimum absolute atomic E-state index is 0.721. The van der Waals surface area contributed by atoms with Crippen molar-refractivity contribution in [1.29, 1.82) is 0 Å². The lowest BCUT2D eigenvalue weighted by Crippen LogP contribution is -2.42. The Morgan fingerprint density at radius 1 is 1.04 bits per heavy atom. The van der Waals surface area contributed by atoms with E-state index in [1.165, 1.54) is 37.7 Å². The minimum Gasteiger partial charge on any atom is -0.340 e. The maximum atomic E-state index is 4.75. The number of aromatic amines is 1. The molecule has 4 heteroatoms. The summed E-state index contributed by atoms with van der Waals surface area (Å²) in [4.78, 5) is 15.1.